The van der Waals surface area contributed by atoms with Crippen LogP contribution >= 0.6 is 0 Å². The predicted molar refractivity (Wildman–Crippen MR) is 105 cm³/mol. The summed E-state index contributed by atoms with van der Waals surface area (Å²) in [5.74, 6) is -0.107. The van der Waals surface area contributed by atoms with Gasteiger partial charge < -0.3 is 19.6 Å². The Balaban J connectivity index is 1.62. The topological polar surface area (TPSA) is 101 Å². The molecule has 4 rings (SSSR count). The van der Waals surface area contributed by atoms with E-state index >= 15 is 0 Å². The zero-order chi connectivity index (χ0) is 20.9. The number of carbonyl (C=O) groups is 2. The van der Waals surface area contributed by atoms with Gasteiger partial charge in [0.15, 0.2) is 5.65 Å². The molecule has 2 aromatic heterocycles. The second-order valence-corrected chi connectivity index (χ2v) is 8.33. The van der Waals surface area contributed by atoms with Gasteiger partial charge in [-0.1, -0.05) is 0 Å². The fraction of sp³-hybridized carbons (Fsp3) is 0.600. The fourth-order valence-corrected chi connectivity index (χ4v) is 4.87. The molecule has 9 heteroatoms. The van der Waals surface area contributed by atoms with E-state index < -0.39 is 5.41 Å². The number of pyridine rings is 1. The normalized spacial score (nSPS) is 23.8. The van der Waals surface area contributed by atoms with Crippen molar-refractivity contribution in [1.82, 2.24) is 24.6 Å². The van der Waals surface area contributed by atoms with Crippen LogP contribution in [-0.2, 0) is 16.6 Å². The van der Waals surface area contributed by atoms with Gasteiger partial charge in [-0.15, -0.1) is 0 Å². The number of ether oxygens (including phenoxy) is 1. The van der Waals surface area contributed by atoms with Crippen molar-refractivity contribution < 1.29 is 19.4 Å². The summed E-state index contributed by atoms with van der Waals surface area (Å²) in [5, 5.41) is 15.4. The molecule has 0 saturated carbocycles. The van der Waals surface area contributed by atoms with E-state index in [-0.39, 0.29) is 30.9 Å². The lowest BCUT2D eigenvalue weighted by atomic mass is 9.82. The number of aliphatic hydroxyl groups excluding tert-OH is 1. The van der Waals surface area contributed by atoms with Crippen molar-refractivity contribution >= 4 is 22.8 Å². The van der Waals surface area contributed by atoms with Gasteiger partial charge >= 0.3 is 0 Å². The molecule has 0 aliphatic carbocycles. The van der Waals surface area contributed by atoms with Crippen molar-refractivity contribution in [2.75, 3.05) is 46.5 Å². The van der Waals surface area contributed by atoms with Gasteiger partial charge in [-0.3, -0.25) is 14.3 Å². The van der Waals surface area contributed by atoms with Crippen LogP contribution in [0, 0.1) is 25.2 Å². The summed E-state index contributed by atoms with van der Waals surface area (Å²) < 4.78 is 6.65. The molecule has 2 fully saturated rings. The minimum atomic E-state index is -0.482. The molecule has 4 heterocycles. The zero-order valence-corrected chi connectivity index (χ0v) is 17.3. The number of nitrogens with zero attached hydrogens (tertiary/aromatic N) is 5. The number of fused-ring (bicyclic) bond motifs is 2. The van der Waals surface area contributed by atoms with Gasteiger partial charge in [0.1, 0.15) is 6.61 Å². The lowest BCUT2D eigenvalue weighted by Gasteiger charge is -2.27. The van der Waals surface area contributed by atoms with E-state index in [1.165, 1.54) is 7.11 Å². The van der Waals surface area contributed by atoms with Crippen LogP contribution < -0.4 is 0 Å². The van der Waals surface area contributed by atoms with Crippen LogP contribution in [-0.4, -0.2) is 88.0 Å². The van der Waals surface area contributed by atoms with Gasteiger partial charge in [-0.25, -0.2) is 4.98 Å². The Labute approximate surface area is 169 Å². The quantitative estimate of drug-likeness (QED) is 0.781. The number of hydrogen-bond acceptors (Lipinski definition) is 6. The van der Waals surface area contributed by atoms with Crippen LogP contribution in [0.15, 0.2) is 6.07 Å². The maximum Gasteiger partial charge on any atom is 0.254 e. The van der Waals surface area contributed by atoms with E-state index in [2.05, 4.69) is 10.1 Å². The van der Waals surface area contributed by atoms with Gasteiger partial charge in [-0.05, 0) is 19.9 Å². The number of carbonyl (C=O) groups excluding carboxylic acids is 2. The second-order valence-electron chi connectivity index (χ2n) is 8.33. The van der Waals surface area contributed by atoms with E-state index in [0.29, 0.717) is 37.4 Å². The largest absolute Gasteiger partial charge is 0.396 e. The third-order valence-electron chi connectivity index (χ3n) is 6.31. The van der Waals surface area contributed by atoms with Crippen LogP contribution in [0.2, 0.25) is 0 Å². The Morgan fingerprint density at radius 1 is 1.28 bits per heavy atom. The van der Waals surface area contributed by atoms with E-state index in [1.54, 1.807) is 14.5 Å². The summed E-state index contributed by atoms with van der Waals surface area (Å²) >= 11 is 0. The first-order valence-corrected chi connectivity index (χ1v) is 9.77. The highest BCUT2D eigenvalue weighted by Crippen LogP contribution is 2.43. The van der Waals surface area contributed by atoms with Gasteiger partial charge in [0.25, 0.3) is 5.91 Å². The zero-order valence-electron chi connectivity index (χ0n) is 17.3. The number of methoxy groups -OCH3 is 1. The number of rotatable bonds is 4. The van der Waals surface area contributed by atoms with Crippen molar-refractivity contribution in [2.24, 2.45) is 18.4 Å². The first-order chi connectivity index (χ1) is 13.8. The van der Waals surface area contributed by atoms with Crippen LogP contribution in [0.25, 0.3) is 11.0 Å². The Kier molecular flexibility index (Phi) is 4.82. The monoisotopic (exact) mass is 401 g/mol. The first kappa shape index (κ1) is 19.8. The third-order valence-corrected chi connectivity index (χ3v) is 6.31. The van der Waals surface area contributed by atoms with Crippen LogP contribution in [0.1, 0.15) is 21.7 Å². The standard InChI is InChI=1S/C20H27N5O4/c1-12-5-15(17-13(2)22-23(3)18(17)21-12)19(28)25-7-14-6-24(16(27)8-29-4)9-20(14,10-25)11-26/h5,14,26H,6-11H2,1-4H3. The Morgan fingerprint density at radius 2 is 1.97 bits per heavy atom. The first-order valence-electron chi connectivity index (χ1n) is 9.77. The van der Waals surface area contributed by atoms with Gasteiger partial charge in [0.05, 0.1) is 23.3 Å². The van der Waals surface area contributed by atoms with Crippen molar-refractivity contribution in [3.63, 3.8) is 0 Å². The van der Waals surface area contributed by atoms with E-state index in [0.717, 1.165) is 16.8 Å². The van der Waals surface area contributed by atoms with Crippen molar-refractivity contribution in [3.8, 4) is 0 Å². The van der Waals surface area contributed by atoms with Crippen molar-refractivity contribution in [1.29, 1.82) is 0 Å². The van der Waals surface area contributed by atoms with Gasteiger partial charge in [0, 0.05) is 57.4 Å². The molecule has 0 bridgehead atoms. The molecule has 2 unspecified atom stereocenters. The highest BCUT2D eigenvalue weighted by molar-refractivity contribution is 6.06. The van der Waals surface area contributed by atoms with Crippen molar-refractivity contribution in [3.05, 3.63) is 23.0 Å². The number of hydrogen-bond donors (Lipinski definition) is 1. The van der Waals surface area contributed by atoms with Gasteiger partial charge in [0.2, 0.25) is 5.91 Å². The fourth-order valence-electron chi connectivity index (χ4n) is 4.87. The molecule has 2 amide bonds. The molecule has 2 aliphatic rings. The van der Waals surface area contributed by atoms with Crippen LogP contribution in [0.3, 0.4) is 0 Å². The number of aliphatic hydroxyl groups is 1. The smallest absolute Gasteiger partial charge is 0.254 e. The summed E-state index contributed by atoms with van der Waals surface area (Å²) in [6.07, 6.45) is 0. The average Bonchev–Trinajstić information content (AvgIpc) is 3.30. The second kappa shape index (κ2) is 7.07. The van der Waals surface area contributed by atoms with Gasteiger partial charge in [-0.2, -0.15) is 5.10 Å². The Bertz CT molecular complexity index is 987. The number of aryl methyl sites for hydroxylation is 3. The molecule has 29 heavy (non-hydrogen) atoms. The SMILES string of the molecule is COCC(=O)N1CC2CN(C(=O)c3cc(C)nc4c3c(C)nn4C)CC2(CO)C1. The molecule has 2 atom stereocenters. The minimum Gasteiger partial charge on any atom is -0.396 e. The lowest BCUT2D eigenvalue weighted by molar-refractivity contribution is -0.134. The lowest BCUT2D eigenvalue weighted by Crippen LogP contribution is -2.41. The molecule has 2 saturated heterocycles. The molecule has 0 aromatic carbocycles. The molecular formula is C20H27N5O4. The maximum absolute atomic E-state index is 13.5. The molecule has 2 aromatic rings. The summed E-state index contributed by atoms with van der Waals surface area (Å²) in [4.78, 5) is 33.8. The predicted octanol–water partition coefficient (Wildman–Crippen LogP) is 0.124. The third kappa shape index (κ3) is 3.08. The van der Waals surface area contributed by atoms with Crippen LogP contribution in [0.5, 0.6) is 0 Å². The minimum absolute atomic E-state index is 0.0332. The highest BCUT2D eigenvalue weighted by Gasteiger charge is 2.54. The molecule has 156 valence electrons. The van der Waals surface area contributed by atoms with E-state index in [4.69, 9.17) is 4.74 Å². The molecule has 1 N–H and O–H groups in total. The molecule has 0 radical (unpaired) electrons. The Morgan fingerprint density at radius 3 is 2.62 bits per heavy atom. The molecular weight excluding hydrogens is 374 g/mol. The number of aromatic nitrogens is 3. The number of likely N-dealkylation sites (tertiary alicyclic amines) is 2. The summed E-state index contributed by atoms with van der Waals surface area (Å²) in [5.41, 5.74) is 2.34. The maximum atomic E-state index is 13.5. The van der Waals surface area contributed by atoms with E-state index in [9.17, 15) is 14.7 Å². The summed E-state index contributed by atoms with van der Waals surface area (Å²) in [6.45, 7) is 5.62. The molecule has 0 spiro atoms. The molecule has 9 nitrogen and oxygen atoms in total. The van der Waals surface area contributed by atoms with Crippen LogP contribution in [0.4, 0.5) is 0 Å². The van der Waals surface area contributed by atoms with Crippen molar-refractivity contribution in [2.45, 2.75) is 13.8 Å². The highest BCUT2D eigenvalue weighted by atomic mass is 16.5. The average molecular weight is 401 g/mol. The van der Waals surface area contributed by atoms with E-state index in [1.807, 2.05) is 27.0 Å². The summed E-state index contributed by atoms with van der Waals surface area (Å²) in [6, 6.07) is 1.81. The Hall–Kier alpha value is -2.52. The summed E-state index contributed by atoms with van der Waals surface area (Å²) in [7, 11) is 3.32. The molecule has 2 aliphatic heterocycles. The number of amides is 2.